The predicted octanol–water partition coefficient (Wildman–Crippen LogP) is 2.32. The highest BCUT2D eigenvalue weighted by molar-refractivity contribution is 7.94. The molecule has 5 nitrogen and oxygen atoms in total. The zero-order chi connectivity index (χ0) is 14.6. The van der Waals surface area contributed by atoms with Gasteiger partial charge in [0.15, 0.2) is 0 Å². The van der Waals surface area contributed by atoms with E-state index in [2.05, 4.69) is 4.72 Å². The first-order valence-electron chi connectivity index (χ1n) is 5.96. The Hall–Kier alpha value is -1.57. The second-order valence-corrected chi connectivity index (χ2v) is 7.02. The molecule has 0 bridgehead atoms. The largest absolute Gasteiger partial charge is 0.398 e. The fourth-order valence-corrected chi connectivity index (χ4v) is 3.90. The Balaban J connectivity index is 2.25. The number of benzene rings is 1. The first-order valence-corrected chi connectivity index (χ1v) is 8.33. The van der Waals surface area contributed by atoms with Crippen molar-refractivity contribution in [2.45, 2.75) is 10.6 Å². The molecule has 0 saturated heterocycles. The van der Waals surface area contributed by atoms with E-state index in [9.17, 15) is 8.42 Å². The van der Waals surface area contributed by atoms with Gasteiger partial charge in [-0.25, -0.2) is 8.42 Å². The number of anilines is 2. The third kappa shape index (κ3) is 3.50. The van der Waals surface area contributed by atoms with Crippen LogP contribution in [0.5, 0.6) is 0 Å². The van der Waals surface area contributed by atoms with Gasteiger partial charge < -0.3 is 10.5 Å². The predicted molar refractivity (Wildman–Crippen MR) is 81.6 cm³/mol. The number of hydrogen-bond donors (Lipinski definition) is 2. The number of thiophene rings is 1. The van der Waals surface area contributed by atoms with Crippen molar-refractivity contribution >= 4 is 32.7 Å². The quantitative estimate of drug-likeness (QED) is 0.857. The van der Waals surface area contributed by atoms with Gasteiger partial charge in [0, 0.05) is 18.2 Å². The molecule has 1 aromatic heterocycles. The minimum Gasteiger partial charge on any atom is -0.398 e. The van der Waals surface area contributed by atoms with Gasteiger partial charge in [0.25, 0.3) is 10.0 Å². The van der Waals surface area contributed by atoms with Gasteiger partial charge in [-0.2, -0.15) is 0 Å². The van der Waals surface area contributed by atoms with Gasteiger partial charge in [-0.15, -0.1) is 11.3 Å². The average Bonchev–Trinajstić information content (AvgIpc) is 2.85. The van der Waals surface area contributed by atoms with Crippen molar-refractivity contribution in [2.24, 2.45) is 0 Å². The lowest BCUT2D eigenvalue weighted by Crippen LogP contribution is -2.13. The number of sulfonamides is 1. The number of nitrogens with one attached hydrogen (secondary N) is 1. The average molecular weight is 312 g/mol. The molecule has 108 valence electrons. The molecule has 20 heavy (non-hydrogen) atoms. The monoisotopic (exact) mass is 312 g/mol. The zero-order valence-corrected chi connectivity index (χ0v) is 12.6. The van der Waals surface area contributed by atoms with Crippen molar-refractivity contribution in [3.8, 4) is 0 Å². The standard InChI is InChI=1S/C13H16N2O3S2/c1-18-7-6-10-4-2-3-5-12(10)15-20(16,17)13-8-11(14)9-19-13/h2-5,8-9,15H,6-7,14H2,1H3. The molecule has 0 unspecified atom stereocenters. The second kappa shape index (κ2) is 6.25. The molecule has 0 spiro atoms. The molecule has 0 aliphatic carbocycles. The van der Waals surface area contributed by atoms with Crippen LogP contribution in [-0.4, -0.2) is 22.1 Å². The number of methoxy groups -OCH3 is 1. The van der Waals surface area contributed by atoms with Crippen LogP contribution in [0.2, 0.25) is 0 Å². The summed E-state index contributed by atoms with van der Waals surface area (Å²) in [5.41, 5.74) is 7.47. The van der Waals surface area contributed by atoms with Crippen LogP contribution in [0.3, 0.4) is 0 Å². The summed E-state index contributed by atoms with van der Waals surface area (Å²) in [5, 5.41) is 1.60. The Morgan fingerprint density at radius 1 is 1.35 bits per heavy atom. The summed E-state index contributed by atoms with van der Waals surface area (Å²) in [4.78, 5) is 0. The highest BCUT2D eigenvalue weighted by Crippen LogP contribution is 2.25. The zero-order valence-electron chi connectivity index (χ0n) is 11.0. The Bertz CT molecular complexity index is 680. The lowest BCUT2D eigenvalue weighted by atomic mass is 10.1. The van der Waals surface area contributed by atoms with Gasteiger partial charge in [0.2, 0.25) is 0 Å². The van der Waals surface area contributed by atoms with Crippen LogP contribution in [0.4, 0.5) is 11.4 Å². The van der Waals surface area contributed by atoms with Crippen molar-refractivity contribution in [3.05, 3.63) is 41.3 Å². The maximum absolute atomic E-state index is 12.3. The molecular weight excluding hydrogens is 296 g/mol. The van der Waals surface area contributed by atoms with Crippen LogP contribution in [0.25, 0.3) is 0 Å². The third-order valence-corrected chi connectivity index (χ3v) is 5.52. The minimum absolute atomic E-state index is 0.205. The van der Waals surface area contributed by atoms with E-state index < -0.39 is 10.0 Å². The Morgan fingerprint density at radius 3 is 2.75 bits per heavy atom. The van der Waals surface area contributed by atoms with Crippen molar-refractivity contribution < 1.29 is 13.2 Å². The smallest absolute Gasteiger partial charge is 0.271 e. The van der Waals surface area contributed by atoms with Crippen LogP contribution in [-0.2, 0) is 21.2 Å². The number of ether oxygens (including phenoxy) is 1. The summed E-state index contributed by atoms with van der Waals surface area (Å²) >= 11 is 1.10. The molecule has 0 aliphatic heterocycles. The van der Waals surface area contributed by atoms with E-state index in [0.29, 0.717) is 24.4 Å². The van der Waals surface area contributed by atoms with Crippen LogP contribution in [0.15, 0.2) is 39.9 Å². The molecule has 2 aromatic rings. The number of nitrogen functional groups attached to an aromatic ring is 1. The molecule has 7 heteroatoms. The molecule has 0 radical (unpaired) electrons. The van der Waals surface area contributed by atoms with Crippen LogP contribution >= 0.6 is 11.3 Å². The van der Waals surface area contributed by atoms with Gasteiger partial charge in [-0.3, -0.25) is 4.72 Å². The first kappa shape index (κ1) is 14.8. The second-order valence-electron chi connectivity index (χ2n) is 4.20. The molecule has 0 aliphatic rings. The topological polar surface area (TPSA) is 81.4 Å². The lowest BCUT2D eigenvalue weighted by Gasteiger charge is -2.11. The summed E-state index contributed by atoms with van der Waals surface area (Å²) < 4.78 is 32.3. The summed E-state index contributed by atoms with van der Waals surface area (Å²) in [7, 11) is -1.98. The van der Waals surface area contributed by atoms with Gasteiger partial charge in [0.1, 0.15) is 4.21 Å². The molecule has 1 aromatic carbocycles. The van der Waals surface area contributed by atoms with Crippen molar-refractivity contribution in [1.82, 2.24) is 0 Å². The van der Waals surface area contributed by atoms with E-state index in [-0.39, 0.29) is 4.21 Å². The number of rotatable bonds is 6. The Kier molecular flexibility index (Phi) is 4.64. The van der Waals surface area contributed by atoms with E-state index >= 15 is 0 Å². The van der Waals surface area contributed by atoms with Crippen molar-refractivity contribution in [3.63, 3.8) is 0 Å². The molecule has 0 saturated carbocycles. The molecular formula is C13H16N2O3S2. The van der Waals surface area contributed by atoms with Crippen molar-refractivity contribution in [1.29, 1.82) is 0 Å². The van der Waals surface area contributed by atoms with Gasteiger partial charge in [0.05, 0.1) is 12.3 Å². The Morgan fingerprint density at radius 2 is 2.10 bits per heavy atom. The highest BCUT2D eigenvalue weighted by Gasteiger charge is 2.17. The summed E-state index contributed by atoms with van der Waals surface area (Å²) in [6.07, 6.45) is 0.641. The van der Waals surface area contributed by atoms with Crippen LogP contribution in [0, 0.1) is 0 Å². The van der Waals surface area contributed by atoms with Gasteiger partial charge in [-0.05, 0) is 24.1 Å². The summed E-state index contributed by atoms with van der Waals surface area (Å²) in [5.74, 6) is 0. The first-order chi connectivity index (χ1) is 9.53. The van der Waals surface area contributed by atoms with Crippen LogP contribution in [0.1, 0.15) is 5.56 Å². The summed E-state index contributed by atoms with van der Waals surface area (Å²) in [6, 6.07) is 8.72. The van der Waals surface area contributed by atoms with E-state index in [1.807, 2.05) is 12.1 Å². The number of nitrogens with two attached hydrogens (primary N) is 1. The normalized spacial score (nSPS) is 11.4. The minimum atomic E-state index is -3.59. The molecule has 2 rings (SSSR count). The molecule has 0 fully saturated rings. The number of para-hydroxylation sites is 1. The number of hydrogen-bond acceptors (Lipinski definition) is 5. The van der Waals surface area contributed by atoms with Crippen molar-refractivity contribution in [2.75, 3.05) is 24.2 Å². The van der Waals surface area contributed by atoms with E-state index in [1.54, 1.807) is 24.6 Å². The maximum Gasteiger partial charge on any atom is 0.271 e. The molecule has 1 heterocycles. The van der Waals surface area contributed by atoms with Gasteiger partial charge >= 0.3 is 0 Å². The van der Waals surface area contributed by atoms with Gasteiger partial charge in [-0.1, -0.05) is 18.2 Å². The highest BCUT2D eigenvalue weighted by atomic mass is 32.2. The third-order valence-electron chi connectivity index (χ3n) is 2.70. The fourth-order valence-electron chi connectivity index (χ4n) is 1.72. The van der Waals surface area contributed by atoms with E-state index in [1.165, 1.54) is 6.07 Å². The van der Waals surface area contributed by atoms with Crippen LogP contribution < -0.4 is 10.5 Å². The molecule has 3 N–H and O–H groups in total. The lowest BCUT2D eigenvalue weighted by molar-refractivity contribution is 0.202. The SMILES string of the molecule is COCCc1ccccc1NS(=O)(=O)c1cc(N)cs1. The van der Waals surface area contributed by atoms with E-state index in [0.717, 1.165) is 16.9 Å². The molecule has 0 atom stereocenters. The maximum atomic E-state index is 12.3. The van der Waals surface area contributed by atoms with E-state index in [4.69, 9.17) is 10.5 Å². The molecule has 0 amide bonds. The fraction of sp³-hybridized carbons (Fsp3) is 0.231. The summed E-state index contributed by atoms with van der Waals surface area (Å²) in [6.45, 7) is 0.532. The Labute approximate surface area is 122 Å².